The summed E-state index contributed by atoms with van der Waals surface area (Å²) < 4.78 is 4.95. The van der Waals surface area contributed by atoms with Gasteiger partial charge in [-0.15, -0.1) is 0 Å². The number of carbonyl (C=O) groups is 2. The zero-order valence-electron chi connectivity index (χ0n) is 14.4. The number of benzene rings is 1. The molecule has 0 aliphatic carbocycles. The minimum atomic E-state index is -0.510. The molecular formula is C19H26N2O3. The minimum absolute atomic E-state index is 0.0294. The number of likely N-dealkylation sites (tertiary alicyclic amines) is 1. The number of rotatable bonds is 3. The van der Waals surface area contributed by atoms with E-state index in [-0.39, 0.29) is 11.9 Å². The van der Waals surface area contributed by atoms with Gasteiger partial charge >= 0.3 is 5.97 Å². The van der Waals surface area contributed by atoms with Gasteiger partial charge in [0.15, 0.2) is 0 Å². The highest BCUT2D eigenvalue weighted by atomic mass is 16.5. The highest BCUT2D eigenvalue weighted by molar-refractivity contribution is 5.86. The van der Waals surface area contributed by atoms with Crippen molar-refractivity contribution in [1.82, 2.24) is 9.80 Å². The van der Waals surface area contributed by atoms with Crippen molar-refractivity contribution in [1.29, 1.82) is 0 Å². The molecular weight excluding hydrogens is 304 g/mol. The van der Waals surface area contributed by atoms with Crippen LogP contribution in [0.5, 0.6) is 0 Å². The average molecular weight is 330 g/mol. The van der Waals surface area contributed by atoms with Gasteiger partial charge in [-0.1, -0.05) is 37.1 Å². The van der Waals surface area contributed by atoms with Crippen LogP contribution in [0.4, 0.5) is 0 Å². The zero-order valence-corrected chi connectivity index (χ0v) is 14.4. The Labute approximate surface area is 143 Å². The summed E-state index contributed by atoms with van der Waals surface area (Å²) in [5.41, 5.74) is 2.26. The number of amides is 1. The van der Waals surface area contributed by atoms with Crippen LogP contribution in [0, 0.1) is 0 Å². The van der Waals surface area contributed by atoms with Crippen molar-refractivity contribution in [2.45, 2.75) is 44.7 Å². The molecule has 2 aliphatic rings. The number of carbonyl (C=O) groups excluding carboxylic acids is 2. The number of fused-ring (bicyclic) bond motifs is 1. The van der Waals surface area contributed by atoms with E-state index in [1.54, 1.807) is 4.90 Å². The Balaban J connectivity index is 1.75. The molecule has 130 valence electrons. The summed E-state index contributed by atoms with van der Waals surface area (Å²) in [6.45, 7) is 2.83. The predicted molar refractivity (Wildman–Crippen MR) is 91.4 cm³/mol. The Kier molecular flexibility index (Phi) is 5.51. The second-order valence-corrected chi connectivity index (χ2v) is 6.72. The van der Waals surface area contributed by atoms with Crippen LogP contribution in [0.15, 0.2) is 24.3 Å². The summed E-state index contributed by atoms with van der Waals surface area (Å²) >= 11 is 0. The van der Waals surface area contributed by atoms with Gasteiger partial charge in [-0.3, -0.25) is 9.69 Å². The third kappa shape index (κ3) is 3.78. The number of methoxy groups -OCH3 is 1. The van der Waals surface area contributed by atoms with E-state index in [0.717, 1.165) is 37.1 Å². The van der Waals surface area contributed by atoms with Crippen LogP contribution in [0.25, 0.3) is 0 Å². The second-order valence-electron chi connectivity index (χ2n) is 6.72. The van der Waals surface area contributed by atoms with Crippen molar-refractivity contribution in [2.24, 2.45) is 0 Å². The molecule has 2 heterocycles. The Morgan fingerprint density at radius 2 is 1.75 bits per heavy atom. The summed E-state index contributed by atoms with van der Waals surface area (Å²) in [6.07, 6.45) is 5.32. The Morgan fingerprint density at radius 3 is 2.42 bits per heavy atom. The van der Waals surface area contributed by atoms with Crippen molar-refractivity contribution >= 4 is 11.9 Å². The van der Waals surface area contributed by atoms with Crippen molar-refractivity contribution < 1.29 is 14.3 Å². The summed E-state index contributed by atoms with van der Waals surface area (Å²) in [6, 6.07) is 7.51. The van der Waals surface area contributed by atoms with E-state index >= 15 is 0 Å². The Bertz CT molecular complexity index is 594. The summed E-state index contributed by atoms with van der Waals surface area (Å²) in [5.74, 6) is -0.296. The van der Waals surface area contributed by atoms with Crippen LogP contribution in [-0.2, 0) is 27.3 Å². The topological polar surface area (TPSA) is 49.9 Å². The van der Waals surface area contributed by atoms with Crippen LogP contribution in [-0.4, -0.2) is 54.5 Å². The van der Waals surface area contributed by atoms with E-state index < -0.39 is 6.04 Å². The van der Waals surface area contributed by atoms with Crippen molar-refractivity contribution in [3.63, 3.8) is 0 Å². The molecule has 1 saturated heterocycles. The first kappa shape index (κ1) is 17.0. The van der Waals surface area contributed by atoms with Crippen molar-refractivity contribution in [2.75, 3.05) is 26.7 Å². The molecule has 1 aromatic carbocycles. The molecule has 0 spiro atoms. The zero-order chi connectivity index (χ0) is 16.9. The molecule has 5 heteroatoms. The second kappa shape index (κ2) is 7.79. The summed E-state index contributed by atoms with van der Waals surface area (Å²) in [4.78, 5) is 29.0. The number of ether oxygens (including phenoxy) is 1. The maximum Gasteiger partial charge on any atom is 0.328 e. The molecule has 0 N–H and O–H groups in total. The fourth-order valence-corrected chi connectivity index (χ4v) is 3.71. The average Bonchev–Trinajstić information content (AvgIpc) is 2.88. The summed E-state index contributed by atoms with van der Waals surface area (Å²) in [5, 5.41) is 0. The highest BCUT2D eigenvalue weighted by Crippen LogP contribution is 2.24. The first-order chi connectivity index (χ1) is 11.7. The van der Waals surface area contributed by atoms with Gasteiger partial charge in [0.2, 0.25) is 5.91 Å². The van der Waals surface area contributed by atoms with Crippen molar-refractivity contribution in [3.05, 3.63) is 35.4 Å². The van der Waals surface area contributed by atoms with Crippen molar-refractivity contribution in [3.8, 4) is 0 Å². The number of esters is 1. The SMILES string of the molecule is COC(=O)C1Cc2ccccc2CN1C(=O)CN1CCCCCC1. The van der Waals surface area contributed by atoms with Gasteiger partial charge in [-0.25, -0.2) is 4.79 Å². The van der Waals surface area contributed by atoms with E-state index in [1.807, 2.05) is 24.3 Å². The molecule has 0 radical (unpaired) electrons. The summed E-state index contributed by atoms with van der Waals surface area (Å²) in [7, 11) is 1.39. The Hall–Kier alpha value is -1.88. The molecule has 0 bridgehead atoms. The predicted octanol–water partition coefficient (Wildman–Crippen LogP) is 1.99. The molecule has 0 aromatic heterocycles. The fraction of sp³-hybridized carbons (Fsp3) is 0.579. The lowest BCUT2D eigenvalue weighted by Gasteiger charge is -2.36. The monoisotopic (exact) mass is 330 g/mol. The molecule has 1 amide bonds. The van der Waals surface area contributed by atoms with Gasteiger partial charge < -0.3 is 9.64 Å². The van der Waals surface area contributed by atoms with Crippen LogP contribution < -0.4 is 0 Å². The first-order valence-corrected chi connectivity index (χ1v) is 8.85. The molecule has 3 rings (SSSR count). The van der Waals surface area contributed by atoms with Gasteiger partial charge in [0.25, 0.3) is 0 Å². The quantitative estimate of drug-likeness (QED) is 0.795. The molecule has 1 aromatic rings. The third-order valence-electron chi connectivity index (χ3n) is 5.10. The number of hydrogen-bond acceptors (Lipinski definition) is 4. The number of hydrogen-bond donors (Lipinski definition) is 0. The minimum Gasteiger partial charge on any atom is -0.467 e. The van der Waals surface area contributed by atoms with Gasteiger partial charge in [-0.05, 0) is 37.1 Å². The van der Waals surface area contributed by atoms with E-state index in [0.29, 0.717) is 19.5 Å². The lowest BCUT2D eigenvalue weighted by molar-refractivity contribution is -0.154. The van der Waals surface area contributed by atoms with Crippen LogP contribution in [0.3, 0.4) is 0 Å². The van der Waals surface area contributed by atoms with Gasteiger partial charge in [0, 0.05) is 13.0 Å². The Morgan fingerprint density at radius 1 is 1.08 bits per heavy atom. The molecule has 2 aliphatic heterocycles. The van der Waals surface area contributed by atoms with Crippen LogP contribution in [0.1, 0.15) is 36.8 Å². The smallest absolute Gasteiger partial charge is 0.328 e. The molecule has 1 atom stereocenters. The molecule has 5 nitrogen and oxygen atoms in total. The fourth-order valence-electron chi connectivity index (χ4n) is 3.71. The van der Waals surface area contributed by atoms with Gasteiger partial charge in [0.1, 0.15) is 6.04 Å². The molecule has 0 saturated carbocycles. The van der Waals surface area contributed by atoms with Crippen LogP contribution in [0.2, 0.25) is 0 Å². The standard InChI is InChI=1S/C19H26N2O3/c1-24-19(23)17-12-15-8-4-5-9-16(15)13-21(17)18(22)14-20-10-6-2-3-7-11-20/h4-5,8-9,17H,2-3,6-7,10-14H2,1H3. The van der Waals surface area contributed by atoms with E-state index in [2.05, 4.69) is 4.90 Å². The van der Waals surface area contributed by atoms with E-state index in [4.69, 9.17) is 4.74 Å². The lowest BCUT2D eigenvalue weighted by atomic mass is 9.94. The van der Waals surface area contributed by atoms with Gasteiger partial charge in [-0.2, -0.15) is 0 Å². The van der Waals surface area contributed by atoms with E-state index in [1.165, 1.54) is 20.0 Å². The highest BCUT2D eigenvalue weighted by Gasteiger charge is 2.35. The number of nitrogens with zero attached hydrogens (tertiary/aromatic N) is 2. The maximum absolute atomic E-state index is 12.9. The third-order valence-corrected chi connectivity index (χ3v) is 5.10. The first-order valence-electron chi connectivity index (χ1n) is 8.85. The maximum atomic E-state index is 12.9. The largest absolute Gasteiger partial charge is 0.467 e. The van der Waals surface area contributed by atoms with E-state index in [9.17, 15) is 9.59 Å². The molecule has 1 unspecified atom stereocenters. The molecule has 1 fully saturated rings. The van der Waals surface area contributed by atoms with Gasteiger partial charge in [0.05, 0.1) is 13.7 Å². The normalized spacial score (nSPS) is 21.7. The van der Waals surface area contributed by atoms with Crippen LogP contribution >= 0.6 is 0 Å². The molecule has 24 heavy (non-hydrogen) atoms. The lowest BCUT2D eigenvalue weighted by Crippen LogP contribution is -2.52.